The van der Waals surface area contributed by atoms with Crippen LogP contribution >= 0.6 is 0 Å². The first-order chi connectivity index (χ1) is 20.7. The summed E-state index contributed by atoms with van der Waals surface area (Å²) in [5, 5.41) is 10.3. The van der Waals surface area contributed by atoms with Gasteiger partial charge in [-0.15, -0.1) is 0 Å². The molecule has 0 heteroatoms. The van der Waals surface area contributed by atoms with Crippen LogP contribution in [0.25, 0.3) is 76.5 Å². The summed E-state index contributed by atoms with van der Waals surface area (Å²) in [4.78, 5) is 0. The molecule has 0 fully saturated rings. The number of aryl methyl sites for hydroxylation is 2. The van der Waals surface area contributed by atoms with Gasteiger partial charge in [-0.25, -0.2) is 0 Å². The SMILES string of the molecule is Cc1ccc2ccc(-c3ccc(-c4c5ccccc5c(-c5ccc(C)c6ccccc56)c5ccccc45)cc3)cc2c1. The van der Waals surface area contributed by atoms with Crippen LogP contribution in [0.15, 0.2) is 146 Å². The van der Waals surface area contributed by atoms with Crippen molar-refractivity contribution >= 4 is 43.1 Å². The van der Waals surface area contributed by atoms with Crippen molar-refractivity contribution in [1.29, 1.82) is 0 Å². The van der Waals surface area contributed by atoms with Crippen LogP contribution in [0.3, 0.4) is 0 Å². The van der Waals surface area contributed by atoms with Crippen LogP contribution in [0.4, 0.5) is 0 Å². The van der Waals surface area contributed by atoms with Gasteiger partial charge in [-0.1, -0.05) is 145 Å². The molecule has 0 radical (unpaired) electrons. The van der Waals surface area contributed by atoms with E-state index in [1.54, 1.807) is 0 Å². The fourth-order valence-electron chi connectivity index (χ4n) is 6.77. The third-order valence-corrected chi connectivity index (χ3v) is 8.85. The molecular formula is C42H30. The fraction of sp³-hybridized carbons (Fsp3) is 0.0476. The monoisotopic (exact) mass is 534 g/mol. The molecule has 0 atom stereocenters. The molecule has 0 aromatic heterocycles. The first-order valence-corrected chi connectivity index (χ1v) is 14.7. The minimum absolute atomic E-state index is 1.23. The Bertz CT molecular complexity index is 2240. The predicted octanol–water partition coefficient (Wildman–Crippen LogP) is 11.9. The summed E-state index contributed by atoms with van der Waals surface area (Å²) in [5.74, 6) is 0. The summed E-state index contributed by atoms with van der Waals surface area (Å²) in [6.45, 7) is 4.36. The zero-order valence-corrected chi connectivity index (χ0v) is 23.9. The Hall–Kier alpha value is -5.20. The van der Waals surface area contributed by atoms with E-state index >= 15 is 0 Å². The van der Waals surface area contributed by atoms with E-state index in [0.29, 0.717) is 0 Å². The van der Waals surface area contributed by atoms with Gasteiger partial charge in [-0.05, 0) is 102 Å². The van der Waals surface area contributed by atoms with Crippen LogP contribution in [0, 0.1) is 13.8 Å². The minimum Gasteiger partial charge on any atom is -0.0616 e. The molecule has 0 unspecified atom stereocenters. The highest BCUT2D eigenvalue weighted by atomic mass is 14.2. The maximum atomic E-state index is 2.31. The topological polar surface area (TPSA) is 0 Å². The number of hydrogen-bond acceptors (Lipinski definition) is 0. The van der Waals surface area contributed by atoms with E-state index in [1.165, 1.54) is 87.6 Å². The van der Waals surface area contributed by atoms with Crippen LogP contribution in [0.5, 0.6) is 0 Å². The Morgan fingerprint density at radius 1 is 0.333 bits per heavy atom. The van der Waals surface area contributed by atoms with Gasteiger partial charge in [-0.2, -0.15) is 0 Å². The molecule has 0 aliphatic rings. The number of rotatable bonds is 3. The summed E-state index contributed by atoms with van der Waals surface area (Å²) in [5.41, 5.74) is 10.2. The number of benzene rings is 8. The molecule has 0 heterocycles. The second-order valence-electron chi connectivity index (χ2n) is 11.5. The van der Waals surface area contributed by atoms with Gasteiger partial charge in [0.25, 0.3) is 0 Å². The van der Waals surface area contributed by atoms with Gasteiger partial charge in [-0.3, -0.25) is 0 Å². The van der Waals surface area contributed by atoms with Crippen molar-refractivity contribution < 1.29 is 0 Å². The molecule has 0 nitrogen and oxygen atoms in total. The summed E-state index contributed by atoms with van der Waals surface area (Å²) < 4.78 is 0. The summed E-state index contributed by atoms with van der Waals surface area (Å²) in [6.07, 6.45) is 0. The zero-order valence-electron chi connectivity index (χ0n) is 23.9. The predicted molar refractivity (Wildman–Crippen MR) is 182 cm³/mol. The molecule has 0 aliphatic carbocycles. The van der Waals surface area contributed by atoms with E-state index in [0.717, 1.165) is 0 Å². The lowest BCUT2D eigenvalue weighted by Crippen LogP contribution is -1.92. The van der Waals surface area contributed by atoms with Crippen LogP contribution < -0.4 is 0 Å². The van der Waals surface area contributed by atoms with Gasteiger partial charge in [0.05, 0.1) is 0 Å². The Kier molecular flexibility index (Phi) is 5.69. The molecule has 0 bridgehead atoms. The standard InChI is InChI=1S/C42H30/c1-27-15-17-30-20-23-32(26-33(30)25-27)29-18-21-31(22-19-29)41-36-11-5-7-13-38(36)42(39-14-8-6-12-37(39)41)40-24-16-28(2)34-9-3-4-10-35(34)40/h3-26H,1-2H3. The minimum atomic E-state index is 1.23. The maximum Gasteiger partial charge on any atom is -0.00201 e. The Balaban J connectivity index is 1.35. The number of fused-ring (bicyclic) bond motifs is 4. The highest BCUT2D eigenvalue weighted by Gasteiger charge is 2.18. The van der Waals surface area contributed by atoms with Crippen molar-refractivity contribution in [2.75, 3.05) is 0 Å². The second kappa shape index (κ2) is 9.72. The molecular weight excluding hydrogens is 504 g/mol. The third-order valence-electron chi connectivity index (χ3n) is 8.85. The molecule has 0 N–H and O–H groups in total. The van der Waals surface area contributed by atoms with Crippen LogP contribution in [0.1, 0.15) is 11.1 Å². The second-order valence-corrected chi connectivity index (χ2v) is 11.5. The molecule has 0 saturated heterocycles. The quantitative estimate of drug-likeness (QED) is 0.198. The van der Waals surface area contributed by atoms with E-state index in [1.807, 2.05) is 0 Å². The molecule has 198 valence electrons. The van der Waals surface area contributed by atoms with E-state index < -0.39 is 0 Å². The molecule has 0 spiro atoms. The Morgan fingerprint density at radius 2 is 0.857 bits per heavy atom. The van der Waals surface area contributed by atoms with Crippen LogP contribution in [-0.4, -0.2) is 0 Å². The van der Waals surface area contributed by atoms with Gasteiger partial charge in [0.2, 0.25) is 0 Å². The first kappa shape index (κ1) is 24.6. The van der Waals surface area contributed by atoms with Crippen molar-refractivity contribution in [3.8, 4) is 33.4 Å². The molecule has 0 amide bonds. The average Bonchev–Trinajstić information content (AvgIpc) is 3.04. The Labute approximate surface area is 246 Å². The molecule has 8 aromatic rings. The molecule has 0 aliphatic heterocycles. The molecule has 0 saturated carbocycles. The van der Waals surface area contributed by atoms with Crippen molar-refractivity contribution in [3.63, 3.8) is 0 Å². The Morgan fingerprint density at radius 3 is 1.52 bits per heavy atom. The van der Waals surface area contributed by atoms with Crippen molar-refractivity contribution in [2.45, 2.75) is 13.8 Å². The third kappa shape index (κ3) is 3.91. The highest BCUT2D eigenvalue weighted by molar-refractivity contribution is 6.23. The van der Waals surface area contributed by atoms with E-state index in [4.69, 9.17) is 0 Å². The first-order valence-electron chi connectivity index (χ1n) is 14.7. The van der Waals surface area contributed by atoms with Gasteiger partial charge < -0.3 is 0 Å². The van der Waals surface area contributed by atoms with Crippen LogP contribution in [-0.2, 0) is 0 Å². The molecule has 8 rings (SSSR count). The highest BCUT2D eigenvalue weighted by Crippen LogP contribution is 2.45. The average molecular weight is 535 g/mol. The lowest BCUT2D eigenvalue weighted by Gasteiger charge is -2.19. The van der Waals surface area contributed by atoms with Gasteiger partial charge in [0, 0.05) is 0 Å². The largest absolute Gasteiger partial charge is 0.0616 e. The normalized spacial score (nSPS) is 11.6. The van der Waals surface area contributed by atoms with E-state index in [2.05, 4.69) is 159 Å². The maximum absolute atomic E-state index is 2.31. The van der Waals surface area contributed by atoms with Crippen molar-refractivity contribution in [3.05, 3.63) is 157 Å². The smallest absolute Gasteiger partial charge is 0.00201 e. The van der Waals surface area contributed by atoms with Gasteiger partial charge in [0.1, 0.15) is 0 Å². The summed E-state index contributed by atoms with van der Waals surface area (Å²) >= 11 is 0. The van der Waals surface area contributed by atoms with E-state index in [9.17, 15) is 0 Å². The number of hydrogen-bond donors (Lipinski definition) is 0. The summed E-state index contributed by atoms with van der Waals surface area (Å²) in [7, 11) is 0. The van der Waals surface area contributed by atoms with Crippen molar-refractivity contribution in [1.82, 2.24) is 0 Å². The van der Waals surface area contributed by atoms with E-state index in [-0.39, 0.29) is 0 Å². The lowest BCUT2D eigenvalue weighted by molar-refractivity contribution is 1.50. The van der Waals surface area contributed by atoms with Gasteiger partial charge >= 0.3 is 0 Å². The zero-order chi connectivity index (χ0) is 28.2. The van der Waals surface area contributed by atoms with Gasteiger partial charge in [0.15, 0.2) is 0 Å². The van der Waals surface area contributed by atoms with Crippen molar-refractivity contribution in [2.24, 2.45) is 0 Å². The fourth-order valence-corrected chi connectivity index (χ4v) is 6.77. The summed E-state index contributed by atoms with van der Waals surface area (Å²) in [6, 6.07) is 53.8. The molecule has 8 aromatic carbocycles. The lowest BCUT2D eigenvalue weighted by atomic mass is 9.84. The van der Waals surface area contributed by atoms with Crippen LogP contribution in [0.2, 0.25) is 0 Å². The molecule has 42 heavy (non-hydrogen) atoms.